The molecule has 1 saturated heterocycles. The van der Waals surface area contributed by atoms with Gasteiger partial charge in [0.25, 0.3) is 0 Å². The molecule has 1 fully saturated rings. The van der Waals surface area contributed by atoms with E-state index in [9.17, 15) is 21.2 Å². The Morgan fingerprint density at radius 1 is 1.00 bits per heavy atom. The number of hydrogen-bond donors (Lipinski definition) is 1. The van der Waals surface area contributed by atoms with Crippen LogP contribution in [0.2, 0.25) is 0 Å². The molecule has 1 heterocycles. The standard InChI is InChI=1S/C20H24FNO5S2/c1-2-16-3-6-19(28(23,24)18-7-4-17(21)5-8-18)13-20(16)29(25,26)22-14-15-9-11-27-12-10-15/h3-8,13,15,22H,2,9-12,14H2,1H3. The summed E-state index contributed by atoms with van der Waals surface area (Å²) in [5, 5.41) is 0. The Morgan fingerprint density at radius 3 is 2.24 bits per heavy atom. The number of ether oxygens (including phenoxy) is 1. The van der Waals surface area contributed by atoms with Crippen molar-refractivity contribution in [3.63, 3.8) is 0 Å². The van der Waals surface area contributed by atoms with E-state index in [0.717, 1.165) is 37.1 Å². The van der Waals surface area contributed by atoms with Gasteiger partial charge in [-0.15, -0.1) is 0 Å². The molecule has 0 aromatic heterocycles. The lowest BCUT2D eigenvalue weighted by Crippen LogP contribution is -2.32. The first-order chi connectivity index (χ1) is 13.7. The summed E-state index contributed by atoms with van der Waals surface area (Å²) in [5.41, 5.74) is 0.530. The van der Waals surface area contributed by atoms with Crippen LogP contribution < -0.4 is 4.72 Å². The number of halogens is 1. The second kappa shape index (κ2) is 8.91. The quantitative estimate of drug-likeness (QED) is 0.668. The predicted molar refractivity (Wildman–Crippen MR) is 106 cm³/mol. The summed E-state index contributed by atoms with van der Waals surface area (Å²) >= 11 is 0. The summed E-state index contributed by atoms with van der Waals surface area (Å²) in [5.74, 6) is -0.361. The van der Waals surface area contributed by atoms with E-state index in [0.29, 0.717) is 25.2 Å². The van der Waals surface area contributed by atoms with E-state index in [1.165, 1.54) is 18.2 Å². The highest BCUT2D eigenvalue weighted by atomic mass is 32.2. The lowest BCUT2D eigenvalue weighted by Gasteiger charge is -2.22. The van der Waals surface area contributed by atoms with Gasteiger partial charge >= 0.3 is 0 Å². The fourth-order valence-electron chi connectivity index (χ4n) is 3.25. The number of rotatable bonds is 7. The smallest absolute Gasteiger partial charge is 0.240 e. The van der Waals surface area contributed by atoms with Crippen molar-refractivity contribution in [2.75, 3.05) is 19.8 Å². The SMILES string of the molecule is CCc1ccc(S(=O)(=O)c2ccc(F)cc2)cc1S(=O)(=O)NCC1CCOCC1. The molecule has 1 N–H and O–H groups in total. The second-order valence-electron chi connectivity index (χ2n) is 6.99. The molecule has 0 bridgehead atoms. The summed E-state index contributed by atoms with van der Waals surface area (Å²) in [6.07, 6.45) is 1.99. The van der Waals surface area contributed by atoms with E-state index in [1.807, 2.05) is 0 Å². The van der Waals surface area contributed by atoms with Gasteiger partial charge in [0.05, 0.1) is 14.7 Å². The van der Waals surface area contributed by atoms with Crippen molar-refractivity contribution in [3.8, 4) is 0 Å². The first-order valence-corrected chi connectivity index (χ1v) is 12.4. The lowest BCUT2D eigenvalue weighted by molar-refractivity contribution is 0.0678. The van der Waals surface area contributed by atoms with Gasteiger partial charge in [-0.05, 0) is 67.1 Å². The molecule has 9 heteroatoms. The minimum atomic E-state index is -3.97. The molecule has 0 spiro atoms. The van der Waals surface area contributed by atoms with Gasteiger partial charge in [0.1, 0.15) is 5.82 Å². The topological polar surface area (TPSA) is 89.5 Å². The van der Waals surface area contributed by atoms with Gasteiger partial charge in [-0.2, -0.15) is 0 Å². The van der Waals surface area contributed by atoms with Crippen LogP contribution in [0.15, 0.2) is 57.2 Å². The maximum absolute atomic E-state index is 13.1. The normalized spacial score (nSPS) is 16.1. The van der Waals surface area contributed by atoms with E-state index >= 15 is 0 Å². The van der Waals surface area contributed by atoms with Gasteiger partial charge in [-0.3, -0.25) is 0 Å². The molecular formula is C20H24FNO5S2. The van der Waals surface area contributed by atoms with Gasteiger partial charge in [0.15, 0.2) is 0 Å². The van der Waals surface area contributed by atoms with Crippen LogP contribution in [-0.4, -0.2) is 36.6 Å². The fraction of sp³-hybridized carbons (Fsp3) is 0.400. The Labute approximate surface area is 171 Å². The van der Waals surface area contributed by atoms with Crippen LogP contribution in [-0.2, 0) is 31.0 Å². The van der Waals surface area contributed by atoms with Crippen molar-refractivity contribution in [2.24, 2.45) is 5.92 Å². The first kappa shape index (κ1) is 21.9. The highest BCUT2D eigenvalue weighted by molar-refractivity contribution is 7.91. The van der Waals surface area contributed by atoms with Gasteiger partial charge in [0, 0.05) is 19.8 Å². The average molecular weight is 442 g/mol. The summed E-state index contributed by atoms with van der Waals surface area (Å²) in [6.45, 7) is 3.31. The molecular weight excluding hydrogens is 417 g/mol. The zero-order valence-corrected chi connectivity index (χ0v) is 17.7. The number of sulfonamides is 1. The van der Waals surface area contributed by atoms with E-state index in [1.54, 1.807) is 6.92 Å². The predicted octanol–water partition coefficient (Wildman–Crippen LogP) is 2.93. The zero-order chi connectivity index (χ0) is 21.1. The lowest BCUT2D eigenvalue weighted by atomic mass is 10.0. The highest BCUT2D eigenvalue weighted by Crippen LogP contribution is 2.26. The molecule has 2 aromatic rings. The number of sulfone groups is 1. The molecule has 29 heavy (non-hydrogen) atoms. The van der Waals surface area contributed by atoms with Gasteiger partial charge in [-0.25, -0.2) is 25.9 Å². The third kappa shape index (κ3) is 5.03. The Hall–Kier alpha value is -1.81. The van der Waals surface area contributed by atoms with Crippen LogP contribution in [0.1, 0.15) is 25.3 Å². The molecule has 6 nitrogen and oxygen atoms in total. The summed E-state index contributed by atoms with van der Waals surface area (Å²) in [7, 11) is -7.86. The maximum atomic E-state index is 13.1. The van der Waals surface area contributed by atoms with E-state index < -0.39 is 25.7 Å². The van der Waals surface area contributed by atoms with Crippen LogP contribution in [0.25, 0.3) is 0 Å². The molecule has 0 unspecified atom stereocenters. The van der Waals surface area contributed by atoms with Crippen molar-refractivity contribution in [2.45, 2.75) is 40.9 Å². The minimum absolute atomic E-state index is 0.0461. The number of nitrogens with one attached hydrogen (secondary N) is 1. The van der Waals surface area contributed by atoms with E-state index in [4.69, 9.17) is 4.74 Å². The van der Waals surface area contributed by atoms with E-state index in [-0.39, 0.29) is 27.1 Å². The highest BCUT2D eigenvalue weighted by Gasteiger charge is 2.25. The monoisotopic (exact) mass is 441 g/mol. The number of aryl methyl sites for hydroxylation is 1. The second-order valence-corrected chi connectivity index (χ2v) is 10.7. The Kier molecular flexibility index (Phi) is 6.72. The molecule has 158 valence electrons. The third-order valence-corrected chi connectivity index (χ3v) is 8.32. The maximum Gasteiger partial charge on any atom is 0.240 e. The Morgan fingerprint density at radius 2 is 1.62 bits per heavy atom. The third-order valence-electron chi connectivity index (χ3n) is 5.05. The molecule has 0 radical (unpaired) electrons. The summed E-state index contributed by atoms with van der Waals surface area (Å²) in [6, 6.07) is 8.52. The molecule has 1 aliphatic heterocycles. The Balaban J connectivity index is 1.93. The van der Waals surface area contributed by atoms with Crippen LogP contribution in [0.3, 0.4) is 0 Å². The van der Waals surface area contributed by atoms with Crippen molar-refractivity contribution in [1.82, 2.24) is 4.72 Å². The van der Waals surface area contributed by atoms with Crippen LogP contribution in [0.4, 0.5) is 4.39 Å². The molecule has 0 aliphatic carbocycles. The van der Waals surface area contributed by atoms with Crippen LogP contribution >= 0.6 is 0 Å². The molecule has 0 amide bonds. The van der Waals surface area contributed by atoms with Crippen molar-refractivity contribution < 1.29 is 26.0 Å². The fourth-order valence-corrected chi connectivity index (χ4v) is 6.06. The molecule has 2 aromatic carbocycles. The molecule has 0 saturated carbocycles. The largest absolute Gasteiger partial charge is 0.381 e. The average Bonchev–Trinajstić information content (AvgIpc) is 2.73. The molecule has 3 rings (SSSR count). The van der Waals surface area contributed by atoms with Crippen LogP contribution in [0, 0.1) is 11.7 Å². The number of hydrogen-bond acceptors (Lipinski definition) is 5. The Bertz CT molecular complexity index is 1060. The first-order valence-electron chi connectivity index (χ1n) is 9.45. The summed E-state index contributed by atoms with van der Waals surface area (Å²) in [4.78, 5) is -0.287. The van der Waals surface area contributed by atoms with Gasteiger partial charge in [-0.1, -0.05) is 13.0 Å². The van der Waals surface area contributed by atoms with Crippen molar-refractivity contribution >= 4 is 19.9 Å². The molecule has 0 atom stereocenters. The van der Waals surface area contributed by atoms with Gasteiger partial charge < -0.3 is 4.74 Å². The van der Waals surface area contributed by atoms with Crippen molar-refractivity contribution in [3.05, 3.63) is 53.8 Å². The number of benzene rings is 2. The minimum Gasteiger partial charge on any atom is -0.381 e. The van der Waals surface area contributed by atoms with E-state index in [2.05, 4.69) is 4.72 Å². The summed E-state index contributed by atoms with van der Waals surface area (Å²) < 4.78 is 72.7. The zero-order valence-electron chi connectivity index (χ0n) is 16.1. The van der Waals surface area contributed by atoms with Crippen LogP contribution in [0.5, 0.6) is 0 Å². The van der Waals surface area contributed by atoms with Crippen molar-refractivity contribution in [1.29, 1.82) is 0 Å². The molecule has 1 aliphatic rings. The van der Waals surface area contributed by atoms with Gasteiger partial charge in [0.2, 0.25) is 19.9 Å².